The lowest BCUT2D eigenvalue weighted by molar-refractivity contribution is 0.483. The van der Waals surface area contributed by atoms with Crippen molar-refractivity contribution in [2.45, 2.75) is 11.8 Å². The lowest BCUT2D eigenvalue weighted by Crippen LogP contribution is -1.97. The Kier molecular flexibility index (Phi) is 4.76. The van der Waals surface area contributed by atoms with Gasteiger partial charge in [-0.3, -0.25) is 4.55 Å². The van der Waals surface area contributed by atoms with Crippen molar-refractivity contribution < 1.29 is 25.6 Å². The van der Waals surface area contributed by atoms with Crippen molar-refractivity contribution >= 4 is 31.5 Å². The fourth-order valence-corrected chi connectivity index (χ4v) is 2.10. The minimum Gasteiger partial charge on any atom is -0.282 e. The fourth-order valence-electron chi connectivity index (χ4n) is 1.58. The van der Waals surface area contributed by atoms with Crippen molar-refractivity contribution in [1.29, 1.82) is 0 Å². The number of rotatable bonds is 1. The maximum atomic E-state index is 10.9. The van der Waals surface area contributed by atoms with E-state index in [2.05, 4.69) is 0 Å². The van der Waals surface area contributed by atoms with Crippen LogP contribution in [0.2, 0.25) is 0 Å². The summed E-state index contributed by atoms with van der Waals surface area (Å²) in [5.74, 6) is 0. The van der Waals surface area contributed by atoms with Crippen molar-refractivity contribution in [3.05, 3.63) is 42.0 Å². The summed E-state index contributed by atoms with van der Waals surface area (Å²) in [4.78, 5) is -0.0689. The van der Waals surface area contributed by atoms with Crippen LogP contribution in [0, 0.1) is 6.92 Å². The third-order valence-electron chi connectivity index (χ3n) is 2.37. The predicted octanol–water partition coefficient (Wildman–Crippen LogP) is 1.39. The Morgan fingerprint density at radius 3 is 2.16 bits per heavy atom. The summed E-state index contributed by atoms with van der Waals surface area (Å²) in [6.07, 6.45) is 0. The molecule has 0 aliphatic heterocycles. The quantitative estimate of drug-likeness (QED) is 0.798. The van der Waals surface area contributed by atoms with Gasteiger partial charge in [-0.25, -0.2) is 0 Å². The van der Waals surface area contributed by atoms with E-state index in [4.69, 9.17) is 17.2 Å². The minimum absolute atomic E-state index is 0.0689. The summed E-state index contributed by atoms with van der Waals surface area (Å²) in [7, 11) is -7.22. The molecular weight excluding hydrogens is 292 g/mol. The average molecular weight is 302 g/mol. The van der Waals surface area contributed by atoms with Gasteiger partial charge in [-0.15, -0.1) is 12.6 Å². The van der Waals surface area contributed by atoms with Crippen LogP contribution in [0.3, 0.4) is 0 Å². The lowest BCUT2D eigenvalue weighted by atomic mass is 10.1. The molecule has 2 rings (SSSR count). The molecule has 0 saturated heterocycles. The molecule has 1 N–H and O–H groups in total. The van der Waals surface area contributed by atoms with E-state index in [-0.39, 0.29) is 4.90 Å². The molecule has 102 valence electrons. The van der Waals surface area contributed by atoms with Crippen molar-refractivity contribution in [2.24, 2.45) is 0 Å². The molecule has 0 atom stereocenters. The monoisotopic (exact) mass is 302 g/mol. The van der Waals surface area contributed by atoms with Crippen LogP contribution in [-0.2, 0) is 20.7 Å². The number of fused-ring (bicyclic) bond motifs is 1. The summed E-state index contributed by atoms with van der Waals surface area (Å²) < 4.78 is 56.1. The molecule has 0 heterocycles. The number of hydrogen-bond donors (Lipinski definition) is 1. The summed E-state index contributed by atoms with van der Waals surface area (Å²) in [6, 6.07) is 10.2. The van der Waals surface area contributed by atoms with Gasteiger partial charge in [0.05, 0.1) is 4.90 Å². The van der Waals surface area contributed by atoms with Gasteiger partial charge < -0.3 is 0 Å². The molecule has 0 aromatic heterocycles. The van der Waals surface area contributed by atoms with E-state index in [1.165, 1.54) is 12.1 Å². The minimum atomic E-state index is -4.11. The largest absolute Gasteiger partial charge is 0.425 e. The Bertz CT molecular complexity index is 800. The van der Waals surface area contributed by atoms with Crippen molar-refractivity contribution in [1.82, 2.24) is 0 Å². The second-order valence-electron chi connectivity index (χ2n) is 3.64. The van der Waals surface area contributed by atoms with Gasteiger partial charge in [0.2, 0.25) is 0 Å². The van der Waals surface area contributed by atoms with Crippen LogP contribution < -0.4 is 0 Å². The molecular formula is C11H10O6S2. The Labute approximate surface area is 111 Å². The molecule has 0 fully saturated rings. The van der Waals surface area contributed by atoms with Gasteiger partial charge in [0, 0.05) is 0 Å². The van der Waals surface area contributed by atoms with Crippen molar-refractivity contribution in [3.63, 3.8) is 0 Å². The van der Waals surface area contributed by atoms with Crippen LogP contribution >= 0.6 is 0 Å². The Balaban J connectivity index is 0.000000399. The highest BCUT2D eigenvalue weighted by Gasteiger charge is 2.09. The van der Waals surface area contributed by atoms with Gasteiger partial charge >= 0.3 is 10.6 Å². The van der Waals surface area contributed by atoms with Crippen LogP contribution in [0.1, 0.15) is 5.56 Å². The summed E-state index contributed by atoms with van der Waals surface area (Å²) in [6.45, 7) is 1.95. The molecule has 19 heavy (non-hydrogen) atoms. The van der Waals surface area contributed by atoms with E-state index in [0.29, 0.717) is 0 Å². The first-order chi connectivity index (χ1) is 8.71. The van der Waals surface area contributed by atoms with Gasteiger partial charge in [-0.1, -0.05) is 24.3 Å². The zero-order valence-corrected chi connectivity index (χ0v) is 11.4. The van der Waals surface area contributed by atoms with Crippen molar-refractivity contribution in [3.8, 4) is 0 Å². The fraction of sp³-hybridized carbons (Fsp3) is 0.0909. The van der Waals surface area contributed by atoms with E-state index in [0.717, 1.165) is 16.3 Å². The van der Waals surface area contributed by atoms with Gasteiger partial charge in [0.25, 0.3) is 10.1 Å². The van der Waals surface area contributed by atoms with Crippen molar-refractivity contribution in [2.75, 3.05) is 0 Å². The van der Waals surface area contributed by atoms with Crippen LogP contribution in [0.4, 0.5) is 0 Å². The molecule has 0 bridgehead atoms. The normalized spacial score (nSPS) is 10.6. The van der Waals surface area contributed by atoms with Crippen LogP contribution in [0.15, 0.2) is 41.3 Å². The number of benzene rings is 2. The topological polar surface area (TPSA) is 106 Å². The van der Waals surface area contributed by atoms with E-state index in [1.807, 2.05) is 25.1 Å². The van der Waals surface area contributed by atoms with E-state index < -0.39 is 20.7 Å². The molecule has 0 radical (unpaired) electrons. The summed E-state index contributed by atoms with van der Waals surface area (Å²) in [5, 5.41) is 1.80. The Morgan fingerprint density at radius 2 is 1.63 bits per heavy atom. The van der Waals surface area contributed by atoms with Gasteiger partial charge in [-0.2, -0.15) is 8.42 Å². The second-order valence-corrected chi connectivity index (χ2v) is 5.47. The first-order valence-electron chi connectivity index (χ1n) is 4.95. The zero-order chi connectivity index (χ0) is 14.6. The van der Waals surface area contributed by atoms with Crippen LogP contribution in [0.25, 0.3) is 10.8 Å². The molecule has 0 amide bonds. The molecule has 8 heteroatoms. The highest BCUT2D eigenvalue weighted by atomic mass is 32.2. The highest BCUT2D eigenvalue weighted by Crippen LogP contribution is 2.21. The third-order valence-corrected chi connectivity index (χ3v) is 3.22. The van der Waals surface area contributed by atoms with E-state index in [1.54, 1.807) is 6.07 Å². The average Bonchev–Trinajstić information content (AvgIpc) is 2.27. The van der Waals surface area contributed by atoms with E-state index in [9.17, 15) is 8.42 Å². The molecule has 0 aliphatic rings. The lowest BCUT2D eigenvalue weighted by Gasteiger charge is -2.03. The Morgan fingerprint density at radius 1 is 1.05 bits per heavy atom. The second kappa shape index (κ2) is 5.91. The summed E-state index contributed by atoms with van der Waals surface area (Å²) in [5.41, 5.74) is 1.08. The molecule has 2 aromatic rings. The smallest absolute Gasteiger partial charge is 0.282 e. The Hall–Kier alpha value is -1.77. The van der Waals surface area contributed by atoms with Gasteiger partial charge in [-0.05, 0) is 35.4 Å². The first-order valence-corrected chi connectivity index (χ1v) is 7.39. The maximum Gasteiger partial charge on any atom is 0.425 e. The highest BCUT2D eigenvalue weighted by molar-refractivity contribution is 7.85. The zero-order valence-electron chi connectivity index (χ0n) is 9.77. The summed E-state index contributed by atoms with van der Waals surface area (Å²) >= 11 is 0. The molecule has 0 unspecified atom stereocenters. The standard InChI is InChI=1S/C11H10O3S.O3S/c1-8-3-2-4-9-7-10(15(12,13)14)5-6-11(8)9;1-4(2)3/h2-7H,1H3,(H,12,13,14);. The predicted molar refractivity (Wildman–Crippen MR) is 68.2 cm³/mol. The van der Waals surface area contributed by atoms with Crippen LogP contribution in [0.5, 0.6) is 0 Å². The SMILES string of the molecule is Cc1cccc2cc(S(=O)(=O)O)ccc12.O=S(=O)=O. The van der Waals surface area contributed by atoms with E-state index >= 15 is 0 Å². The van der Waals surface area contributed by atoms with Crippen LogP contribution in [-0.4, -0.2) is 25.6 Å². The first kappa shape index (κ1) is 15.3. The molecule has 0 spiro atoms. The van der Waals surface area contributed by atoms with Gasteiger partial charge in [0.1, 0.15) is 0 Å². The van der Waals surface area contributed by atoms with Gasteiger partial charge in [0.15, 0.2) is 0 Å². The molecule has 0 aliphatic carbocycles. The molecule has 6 nitrogen and oxygen atoms in total. The number of aryl methyl sites for hydroxylation is 1. The third kappa shape index (κ3) is 4.43. The molecule has 2 aromatic carbocycles. The maximum absolute atomic E-state index is 10.9. The number of hydrogen-bond acceptors (Lipinski definition) is 5. The molecule has 0 saturated carbocycles.